The van der Waals surface area contributed by atoms with Crippen molar-refractivity contribution in [3.63, 3.8) is 0 Å². The van der Waals surface area contributed by atoms with E-state index in [1.54, 1.807) is 24.3 Å². The van der Waals surface area contributed by atoms with Gasteiger partial charge in [-0.1, -0.05) is 6.07 Å². The molecule has 23 heavy (non-hydrogen) atoms. The van der Waals surface area contributed by atoms with Gasteiger partial charge in [-0.2, -0.15) is 5.26 Å². The zero-order valence-corrected chi connectivity index (χ0v) is 12.9. The van der Waals surface area contributed by atoms with Crippen molar-refractivity contribution in [1.82, 2.24) is 10.2 Å². The minimum atomic E-state index is -0.139. The summed E-state index contributed by atoms with van der Waals surface area (Å²) in [5.41, 5.74) is 1.00. The van der Waals surface area contributed by atoms with Gasteiger partial charge >= 0.3 is 0 Å². The third-order valence-corrected chi connectivity index (χ3v) is 4.53. The largest absolute Gasteiger partial charge is 0.396 e. The summed E-state index contributed by atoms with van der Waals surface area (Å²) in [6.45, 7) is 2.40. The Labute approximate surface area is 135 Å². The fraction of sp³-hybridized carbons (Fsp3) is 0.529. The molecule has 1 amide bonds. The van der Waals surface area contributed by atoms with Gasteiger partial charge in [-0.15, -0.1) is 0 Å². The minimum absolute atomic E-state index is 0.0815. The highest BCUT2D eigenvalue weighted by atomic mass is 16.5. The van der Waals surface area contributed by atoms with Gasteiger partial charge in [0.25, 0.3) is 5.91 Å². The van der Waals surface area contributed by atoms with Crippen molar-refractivity contribution in [2.24, 2.45) is 0 Å². The lowest BCUT2D eigenvalue weighted by atomic mass is 10.1. The Morgan fingerprint density at radius 1 is 1.48 bits per heavy atom. The van der Waals surface area contributed by atoms with E-state index in [2.05, 4.69) is 10.2 Å². The molecule has 0 saturated carbocycles. The number of fused-ring (bicyclic) bond motifs is 1. The van der Waals surface area contributed by atoms with E-state index in [4.69, 9.17) is 15.1 Å². The fourth-order valence-electron chi connectivity index (χ4n) is 3.36. The van der Waals surface area contributed by atoms with E-state index in [9.17, 15) is 4.79 Å². The number of ether oxygens (including phenoxy) is 1. The molecule has 0 bridgehead atoms. The van der Waals surface area contributed by atoms with Crippen LogP contribution in [0, 0.1) is 11.3 Å². The highest BCUT2D eigenvalue weighted by molar-refractivity contribution is 5.94. The van der Waals surface area contributed by atoms with Gasteiger partial charge in [0.2, 0.25) is 0 Å². The van der Waals surface area contributed by atoms with Crippen LogP contribution in [0.15, 0.2) is 24.3 Å². The lowest BCUT2D eigenvalue weighted by Gasteiger charge is -2.34. The van der Waals surface area contributed by atoms with Crippen molar-refractivity contribution < 1.29 is 14.6 Å². The van der Waals surface area contributed by atoms with Crippen LogP contribution in [-0.2, 0) is 4.74 Å². The molecular formula is C17H21N3O3. The number of hydrogen-bond donors (Lipinski definition) is 2. The predicted octanol–water partition coefficient (Wildman–Crippen LogP) is 0.512. The lowest BCUT2D eigenvalue weighted by molar-refractivity contribution is -0.0566. The molecular weight excluding hydrogens is 294 g/mol. The second-order valence-electron chi connectivity index (χ2n) is 6.17. The zero-order valence-electron chi connectivity index (χ0n) is 12.9. The Kier molecular flexibility index (Phi) is 4.91. The number of nitrogens with one attached hydrogen (secondary N) is 1. The maximum atomic E-state index is 12.3. The first kappa shape index (κ1) is 15.9. The molecule has 3 atom stereocenters. The number of morpholine rings is 1. The van der Waals surface area contributed by atoms with Crippen LogP contribution in [0.5, 0.6) is 0 Å². The molecule has 6 nitrogen and oxygen atoms in total. The molecule has 2 aliphatic rings. The van der Waals surface area contributed by atoms with Gasteiger partial charge < -0.3 is 15.2 Å². The van der Waals surface area contributed by atoms with Gasteiger partial charge in [-0.3, -0.25) is 9.69 Å². The van der Waals surface area contributed by atoms with E-state index in [1.807, 2.05) is 6.07 Å². The molecule has 2 saturated heterocycles. The summed E-state index contributed by atoms with van der Waals surface area (Å²) in [5, 5.41) is 21.0. The van der Waals surface area contributed by atoms with Gasteiger partial charge in [0.1, 0.15) is 0 Å². The molecule has 2 N–H and O–H groups in total. The Balaban J connectivity index is 1.57. The number of rotatable bonds is 4. The molecule has 1 aromatic rings. The van der Waals surface area contributed by atoms with Crippen LogP contribution in [0.1, 0.15) is 28.8 Å². The van der Waals surface area contributed by atoms with E-state index in [1.165, 1.54) is 0 Å². The first-order chi connectivity index (χ1) is 11.2. The molecule has 0 aliphatic carbocycles. The molecule has 6 heteroatoms. The summed E-state index contributed by atoms with van der Waals surface area (Å²) in [4.78, 5) is 14.7. The van der Waals surface area contributed by atoms with Crippen LogP contribution >= 0.6 is 0 Å². The smallest absolute Gasteiger partial charge is 0.251 e. The number of aliphatic hydroxyl groups excluding tert-OH is 1. The molecule has 0 spiro atoms. The number of carbonyl (C=O) groups is 1. The van der Waals surface area contributed by atoms with Crippen LogP contribution in [0.4, 0.5) is 0 Å². The van der Waals surface area contributed by atoms with Crippen molar-refractivity contribution in [3.8, 4) is 6.07 Å². The number of aliphatic hydroxyl groups is 1. The SMILES string of the molecule is N#Cc1cccc(C(=O)N[C@H]2C[C@H]3CO[C@@H](CCO)CN3C2)c1. The molecule has 1 aromatic carbocycles. The molecule has 2 aliphatic heterocycles. The van der Waals surface area contributed by atoms with Gasteiger partial charge in [0.05, 0.1) is 24.3 Å². The number of benzene rings is 1. The highest BCUT2D eigenvalue weighted by Gasteiger charge is 2.37. The van der Waals surface area contributed by atoms with Gasteiger partial charge in [0.15, 0.2) is 0 Å². The first-order valence-corrected chi connectivity index (χ1v) is 7.97. The van der Waals surface area contributed by atoms with E-state index < -0.39 is 0 Å². The first-order valence-electron chi connectivity index (χ1n) is 7.97. The number of nitriles is 1. The standard InChI is InChI=1S/C17H21N3O3/c18-8-12-2-1-3-13(6-12)17(22)19-14-7-15-11-23-16(4-5-21)10-20(15)9-14/h1-3,6,14-16,21H,4-5,7,9-11H2,(H,19,22)/t14-,15-,16-/m0/s1. The Bertz CT molecular complexity index is 613. The third-order valence-electron chi connectivity index (χ3n) is 4.53. The maximum absolute atomic E-state index is 12.3. The second kappa shape index (κ2) is 7.09. The second-order valence-corrected chi connectivity index (χ2v) is 6.17. The van der Waals surface area contributed by atoms with Gasteiger partial charge in [0, 0.05) is 37.3 Å². The minimum Gasteiger partial charge on any atom is -0.396 e. The summed E-state index contributed by atoms with van der Waals surface area (Å²) < 4.78 is 5.75. The van der Waals surface area contributed by atoms with Crippen molar-refractivity contribution >= 4 is 5.91 Å². The van der Waals surface area contributed by atoms with Crippen LogP contribution < -0.4 is 5.32 Å². The Hall–Kier alpha value is -1.94. The predicted molar refractivity (Wildman–Crippen MR) is 83.8 cm³/mol. The normalized spacial score (nSPS) is 27.2. The van der Waals surface area contributed by atoms with E-state index in [-0.39, 0.29) is 24.7 Å². The van der Waals surface area contributed by atoms with Crippen LogP contribution in [0.2, 0.25) is 0 Å². The molecule has 0 aromatic heterocycles. The van der Waals surface area contributed by atoms with E-state index in [0.29, 0.717) is 30.2 Å². The average molecular weight is 315 g/mol. The van der Waals surface area contributed by atoms with Crippen LogP contribution in [0.3, 0.4) is 0 Å². The Morgan fingerprint density at radius 3 is 3.13 bits per heavy atom. The molecule has 2 fully saturated rings. The van der Waals surface area contributed by atoms with Crippen molar-refractivity contribution in [2.75, 3.05) is 26.3 Å². The average Bonchev–Trinajstić information content (AvgIpc) is 2.96. The summed E-state index contributed by atoms with van der Waals surface area (Å²) in [6.07, 6.45) is 1.61. The van der Waals surface area contributed by atoms with Crippen molar-refractivity contribution in [1.29, 1.82) is 5.26 Å². The summed E-state index contributed by atoms with van der Waals surface area (Å²) >= 11 is 0. The third kappa shape index (κ3) is 3.70. The zero-order chi connectivity index (χ0) is 16.2. The monoisotopic (exact) mass is 315 g/mol. The number of nitrogens with zero attached hydrogens (tertiary/aromatic N) is 2. The topological polar surface area (TPSA) is 85.6 Å². The maximum Gasteiger partial charge on any atom is 0.251 e. The fourth-order valence-corrected chi connectivity index (χ4v) is 3.36. The van der Waals surface area contributed by atoms with Gasteiger partial charge in [-0.25, -0.2) is 0 Å². The highest BCUT2D eigenvalue weighted by Crippen LogP contribution is 2.24. The molecule has 3 rings (SSSR count). The lowest BCUT2D eigenvalue weighted by Crippen LogP contribution is -2.46. The van der Waals surface area contributed by atoms with E-state index in [0.717, 1.165) is 19.5 Å². The molecule has 0 unspecified atom stereocenters. The molecule has 2 heterocycles. The van der Waals surface area contributed by atoms with E-state index >= 15 is 0 Å². The molecule has 122 valence electrons. The summed E-state index contributed by atoms with van der Waals surface area (Å²) in [5.74, 6) is -0.139. The number of hydrogen-bond acceptors (Lipinski definition) is 5. The van der Waals surface area contributed by atoms with Gasteiger partial charge in [-0.05, 0) is 31.0 Å². The quantitative estimate of drug-likeness (QED) is 0.846. The van der Waals surface area contributed by atoms with Crippen molar-refractivity contribution in [2.45, 2.75) is 31.0 Å². The summed E-state index contributed by atoms with van der Waals surface area (Å²) in [7, 11) is 0. The number of amides is 1. The Morgan fingerprint density at radius 2 is 2.35 bits per heavy atom. The summed E-state index contributed by atoms with van der Waals surface area (Å²) in [6, 6.07) is 9.21. The van der Waals surface area contributed by atoms with Crippen LogP contribution in [0.25, 0.3) is 0 Å². The molecule has 0 radical (unpaired) electrons. The number of carbonyl (C=O) groups excluding carboxylic acids is 1. The van der Waals surface area contributed by atoms with Crippen LogP contribution in [-0.4, -0.2) is 60.4 Å². The van der Waals surface area contributed by atoms with Crippen molar-refractivity contribution in [3.05, 3.63) is 35.4 Å².